The Bertz CT molecular complexity index is 652. The van der Waals surface area contributed by atoms with E-state index in [9.17, 15) is 4.79 Å². The first-order chi connectivity index (χ1) is 10.1. The zero-order valence-electron chi connectivity index (χ0n) is 11.1. The van der Waals surface area contributed by atoms with E-state index in [2.05, 4.69) is 15.3 Å². The molecule has 0 spiro atoms. The zero-order valence-corrected chi connectivity index (χ0v) is 11.9. The van der Waals surface area contributed by atoms with Gasteiger partial charge in [0.1, 0.15) is 0 Å². The lowest BCUT2D eigenvalue weighted by Crippen LogP contribution is -2.30. The molecule has 1 aliphatic carbocycles. The van der Waals surface area contributed by atoms with E-state index in [-0.39, 0.29) is 5.54 Å². The Kier molecular flexibility index (Phi) is 3.48. The molecule has 0 bridgehead atoms. The molecule has 108 valence electrons. The van der Waals surface area contributed by atoms with Crippen LogP contribution in [0.15, 0.2) is 36.7 Å². The summed E-state index contributed by atoms with van der Waals surface area (Å²) < 4.78 is 0. The van der Waals surface area contributed by atoms with Crippen molar-refractivity contribution >= 4 is 23.5 Å². The number of nitrogens with zero attached hydrogens (tertiary/aromatic N) is 2. The van der Waals surface area contributed by atoms with E-state index in [0.29, 0.717) is 16.5 Å². The third-order valence-electron chi connectivity index (χ3n) is 3.54. The number of benzene rings is 1. The van der Waals surface area contributed by atoms with Crippen molar-refractivity contribution in [3.63, 3.8) is 0 Å². The van der Waals surface area contributed by atoms with Crippen molar-refractivity contribution < 1.29 is 4.79 Å². The highest BCUT2D eigenvalue weighted by molar-refractivity contribution is 6.30. The molecule has 1 saturated carbocycles. The molecule has 1 heterocycles. The maximum Gasteiger partial charge on any atom is 0.268 e. The predicted octanol–water partition coefficient (Wildman–Crippen LogP) is 1.83. The second-order valence-corrected chi connectivity index (χ2v) is 5.42. The second kappa shape index (κ2) is 5.31. The number of rotatable bonds is 4. The number of anilines is 1. The Morgan fingerprint density at radius 1 is 1.19 bits per heavy atom. The van der Waals surface area contributed by atoms with Crippen molar-refractivity contribution in [1.29, 1.82) is 0 Å². The van der Waals surface area contributed by atoms with Crippen molar-refractivity contribution in [2.45, 2.75) is 18.4 Å². The van der Waals surface area contributed by atoms with Crippen LogP contribution in [0.1, 0.15) is 28.8 Å². The SMILES string of the molecule is NNC(=O)c1cnc(NC2(c3ccc(Cl)cc3)CC2)nc1. The molecule has 2 aromatic rings. The first kappa shape index (κ1) is 13.8. The van der Waals surface area contributed by atoms with Crippen LogP contribution in [-0.4, -0.2) is 15.9 Å². The summed E-state index contributed by atoms with van der Waals surface area (Å²) in [6.07, 6.45) is 4.89. The molecule has 1 fully saturated rings. The number of aromatic nitrogens is 2. The minimum atomic E-state index is -0.416. The van der Waals surface area contributed by atoms with E-state index in [1.807, 2.05) is 29.7 Å². The summed E-state index contributed by atoms with van der Waals surface area (Å²) in [6, 6.07) is 7.74. The van der Waals surface area contributed by atoms with Gasteiger partial charge in [0.05, 0.1) is 11.1 Å². The van der Waals surface area contributed by atoms with Crippen LogP contribution >= 0.6 is 11.6 Å². The van der Waals surface area contributed by atoms with Gasteiger partial charge >= 0.3 is 0 Å². The van der Waals surface area contributed by atoms with E-state index >= 15 is 0 Å². The van der Waals surface area contributed by atoms with Crippen LogP contribution in [0.5, 0.6) is 0 Å². The third-order valence-corrected chi connectivity index (χ3v) is 3.79. The molecule has 0 unspecified atom stereocenters. The average molecular weight is 304 g/mol. The molecule has 6 nitrogen and oxygen atoms in total. The van der Waals surface area contributed by atoms with Crippen molar-refractivity contribution in [1.82, 2.24) is 15.4 Å². The largest absolute Gasteiger partial charge is 0.345 e. The van der Waals surface area contributed by atoms with Crippen LogP contribution in [0, 0.1) is 0 Å². The number of nitrogens with one attached hydrogen (secondary N) is 2. The van der Waals surface area contributed by atoms with Gasteiger partial charge in [-0.2, -0.15) is 0 Å². The van der Waals surface area contributed by atoms with Gasteiger partial charge in [-0.3, -0.25) is 10.2 Å². The fourth-order valence-electron chi connectivity index (χ4n) is 2.19. The maximum absolute atomic E-state index is 11.3. The fraction of sp³-hybridized carbons (Fsp3) is 0.214. The minimum Gasteiger partial charge on any atom is -0.345 e. The van der Waals surface area contributed by atoms with Crippen LogP contribution < -0.4 is 16.6 Å². The molecule has 7 heteroatoms. The van der Waals surface area contributed by atoms with Gasteiger partial charge in [0.2, 0.25) is 5.95 Å². The molecule has 1 aromatic carbocycles. The highest BCUT2D eigenvalue weighted by Crippen LogP contribution is 2.47. The van der Waals surface area contributed by atoms with Crippen LogP contribution in [0.2, 0.25) is 5.02 Å². The van der Waals surface area contributed by atoms with Crippen molar-refractivity contribution in [2.24, 2.45) is 5.84 Å². The topological polar surface area (TPSA) is 92.9 Å². The van der Waals surface area contributed by atoms with Gasteiger partial charge in [-0.25, -0.2) is 15.8 Å². The molecule has 1 aliphatic rings. The first-order valence-electron chi connectivity index (χ1n) is 6.50. The average Bonchev–Trinajstić information content (AvgIpc) is 3.28. The molecule has 4 N–H and O–H groups in total. The number of nitrogen functional groups attached to an aromatic ring is 1. The predicted molar refractivity (Wildman–Crippen MR) is 79.7 cm³/mol. The standard InChI is InChI=1S/C14H14ClN5O/c15-11-3-1-10(2-4-11)14(5-6-14)19-13-17-7-9(8-18-13)12(21)20-16/h1-4,7-8H,5-6,16H2,(H,20,21)(H,17,18,19). The lowest BCUT2D eigenvalue weighted by molar-refractivity contribution is 0.0953. The molecular formula is C14H14ClN5O. The Labute approximate surface area is 126 Å². The van der Waals surface area contributed by atoms with Gasteiger partial charge in [0.15, 0.2) is 0 Å². The number of carbonyl (C=O) groups is 1. The van der Waals surface area contributed by atoms with E-state index in [1.54, 1.807) is 0 Å². The van der Waals surface area contributed by atoms with E-state index in [4.69, 9.17) is 17.4 Å². The summed E-state index contributed by atoms with van der Waals surface area (Å²) in [6.45, 7) is 0. The number of amides is 1. The van der Waals surface area contributed by atoms with E-state index < -0.39 is 5.91 Å². The van der Waals surface area contributed by atoms with Crippen LogP contribution in [0.3, 0.4) is 0 Å². The van der Waals surface area contributed by atoms with Crippen LogP contribution in [-0.2, 0) is 5.54 Å². The molecule has 3 rings (SSSR count). The van der Waals surface area contributed by atoms with Gasteiger partial charge in [-0.1, -0.05) is 23.7 Å². The summed E-state index contributed by atoms with van der Waals surface area (Å²) in [4.78, 5) is 19.6. The normalized spacial score (nSPS) is 15.3. The van der Waals surface area contributed by atoms with Crippen molar-refractivity contribution in [2.75, 3.05) is 5.32 Å². The quantitative estimate of drug-likeness (QED) is 0.455. The van der Waals surface area contributed by atoms with Gasteiger partial charge in [-0.05, 0) is 30.5 Å². The Balaban J connectivity index is 1.77. The number of carbonyl (C=O) groups excluding carboxylic acids is 1. The first-order valence-corrected chi connectivity index (χ1v) is 6.88. The summed E-state index contributed by atoms with van der Waals surface area (Å²) in [5, 5.41) is 4.03. The Hall–Kier alpha value is -2.18. The second-order valence-electron chi connectivity index (χ2n) is 4.98. The molecular weight excluding hydrogens is 290 g/mol. The van der Waals surface area contributed by atoms with Crippen molar-refractivity contribution in [3.05, 3.63) is 52.8 Å². The lowest BCUT2D eigenvalue weighted by atomic mass is 10.1. The fourth-order valence-corrected chi connectivity index (χ4v) is 2.31. The van der Waals surface area contributed by atoms with Gasteiger partial charge in [0, 0.05) is 17.4 Å². The molecule has 0 atom stereocenters. The minimum absolute atomic E-state index is 0.137. The van der Waals surface area contributed by atoms with Gasteiger partial charge in [0.25, 0.3) is 5.91 Å². The summed E-state index contributed by atoms with van der Waals surface area (Å²) in [7, 11) is 0. The Morgan fingerprint density at radius 3 is 2.33 bits per heavy atom. The van der Waals surface area contributed by atoms with Gasteiger partial charge in [-0.15, -0.1) is 0 Å². The van der Waals surface area contributed by atoms with E-state index in [1.165, 1.54) is 12.4 Å². The highest BCUT2D eigenvalue weighted by Gasteiger charge is 2.44. The lowest BCUT2D eigenvalue weighted by Gasteiger charge is -2.18. The number of hydrogen-bond acceptors (Lipinski definition) is 5. The monoisotopic (exact) mass is 303 g/mol. The maximum atomic E-state index is 11.3. The van der Waals surface area contributed by atoms with Crippen molar-refractivity contribution in [3.8, 4) is 0 Å². The molecule has 1 aromatic heterocycles. The summed E-state index contributed by atoms with van der Waals surface area (Å²) in [5.41, 5.74) is 3.37. The Morgan fingerprint density at radius 2 is 1.81 bits per heavy atom. The van der Waals surface area contributed by atoms with Crippen LogP contribution in [0.4, 0.5) is 5.95 Å². The zero-order chi connectivity index (χ0) is 14.9. The number of nitrogens with two attached hydrogens (primary N) is 1. The van der Waals surface area contributed by atoms with E-state index in [0.717, 1.165) is 18.4 Å². The molecule has 21 heavy (non-hydrogen) atoms. The molecule has 0 radical (unpaired) electrons. The summed E-state index contributed by atoms with van der Waals surface area (Å²) in [5.74, 6) is 5.13. The molecule has 0 saturated heterocycles. The van der Waals surface area contributed by atoms with Gasteiger partial charge < -0.3 is 5.32 Å². The number of hydrazine groups is 1. The smallest absolute Gasteiger partial charge is 0.268 e. The number of halogens is 1. The molecule has 1 amide bonds. The number of hydrogen-bond donors (Lipinski definition) is 3. The third kappa shape index (κ3) is 2.81. The van der Waals surface area contributed by atoms with Crippen LogP contribution in [0.25, 0.3) is 0 Å². The molecule has 0 aliphatic heterocycles. The highest BCUT2D eigenvalue weighted by atomic mass is 35.5. The summed E-state index contributed by atoms with van der Waals surface area (Å²) >= 11 is 5.91.